The molecule has 3 aromatic rings. The summed E-state index contributed by atoms with van der Waals surface area (Å²) in [7, 11) is 0. The first-order chi connectivity index (χ1) is 13.2. The molecule has 2 aromatic carbocycles. The fraction of sp³-hybridized carbons (Fsp3) is 0.238. The number of hydrogen-bond donors (Lipinski definition) is 1. The molecule has 6 heteroatoms. The van der Waals surface area contributed by atoms with Crippen LogP contribution in [-0.2, 0) is 6.54 Å². The number of amides is 1. The van der Waals surface area contributed by atoms with Crippen LogP contribution in [-0.4, -0.2) is 52.1 Å². The molecule has 0 aliphatic carbocycles. The number of halogens is 1. The molecule has 1 aliphatic heterocycles. The van der Waals surface area contributed by atoms with Crippen molar-refractivity contribution in [3.63, 3.8) is 0 Å². The maximum absolute atomic E-state index is 13.1. The van der Waals surface area contributed by atoms with E-state index in [1.807, 2.05) is 23.1 Å². The van der Waals surface area contributed by atoms with E-state index in [1.165, 1.54) is 17.7 Å². The van der Waals surface area contributed by atoms with Gasteiger partial charge in [0.25, 0.3) is 5.91 Å². The number of carbonyl (C=O) groups excluding carboxylic acids is 1. The third-order valence-electron chi connectivity index (χ3n) is 4.86. The number of benzene rings is 2. The van der Waals surface area contributed by atoms with Gasteiger partial charge in [0.2, 0.25) is 0 Å². The van der Waals surface area contributed by atoms with Gasteiger partial charge in [-0.3, -0.25) is 14.8 Å². The molecule has 4 rings (SSSR count). The highest BCUT2D eigenvalue weighted by Crippen LogP contribution is 2.19. The summed E-state index contributed by atoms with van der Waals surface area (Å²) in [5, 5.41) is 7.02. The van der Waals surface area contributed by atoms with Crippen molar-refractivity contribution < 1.29 is 9.18 Å². The van der Waals surface area contributed by atoms with E-state index >= 15 is 0 Å². The second-order valence-electron chi connectivity index (χ2n) is 6.73. The van der Waals surface area contributed by atoms with Gasteiger partial charge in [-0.1, -0.05) is 30.3 Å². The Bertz CT molecular complexity index is 899. The molecule has 2 heterocycles. The summed E-state index contributed by atoms with van der Waals surface area (Å²) in [6.07, 6.45) is 0. The topological polar surface area (TPSA) is 52.2 Å². The summed E-state index contributed by atoms with van der Waals surface area (Å²) in [4.78, 5) is 16.9. The summed E-state index contributed by atoms with van der Waals surface area (Å²) in [5.41, 5.74) is 3.17. The molecular formula is C21H21FN4O. The normalized spacial score (nSPS) is 15.1. The van der Waals surface area contributed by atoms with Crippen molar-refractivity contribution in [3.8, 4) is 11.3 Å². The van der Waals surface area contributed by atoms with Gasteiger partial charge in [0.1, 0.15) is 11.5 Å². The van der Waals surface area contributed by atoms with E-state index in [0.29, 0.717) is 24.5 Å². The van der Waals surface area contributed by atoms with Crippen LogP contribution < -0.4 is 0 Å². The minimum atomic E-state index is -0.293. The van der Waals surface area contributed by atoms with Crippen molar-refractivity contribution in [2.45, 2.75) is 6.54 Å². The predicted molar refractivity (Wildman–Crippen MR) is 102 cm³/mol. The molecule has 27 heavy (non-hydrogen) atoms. The lowest BCUT2D eigenvalue weighted by molar-refractivity contribution is 0.0622. The molecule has 1 N–H and O–H groups in total. The molecule has 5 nitrogen and oxygen atoms in total. The molecule has 1 saturated heterocycles. The number of H-pyrrole nitrogens is 1. The zero-order valence-electron chi connectivity index (χ0n) is 14.9. The Kier molecular flexibility index (Phi) is 4.98. The molecule has 0 spiro atoms. The van der Waals surface area contributed by atoms with Gasteiger partial charge in [0, 0.05) is 38.3 Å². The van der Waals surface area contributed by atoms with Crippen molar-refractivity contribution in [2.75, 3.05) is 26.2 Å². The van der Waals surface area contributed by atoms with Gasteiger partial charge in [-0.15, -0.1) is 0 Å². The van der Waals surface area contributed by atoms with E-state index in [4.69, 9.17) is 0 Å². The molecule has 0 bridgehead atoms. The van der Waals surface area contributed by atoms with Crippen molar-refractivity contribution in [2.24, 2.45) is 0 Å². The maximum atomic E-state index is 13.1. The van der Waals surface area contributed by atoms with Crippen LogP contribution in [0.1, 0.15) is 16.1 Å². The summed E-state index contributed by atoms with van der Waals surface area (Å²) in [6, 6.07) is 18.2. The first-order valence-corrected chi connectivity index (χ1v) is 9.06. The van der Waals surface area contributed by atoms with E-state index in [-0.39, 0.29) is 11.7 Å². The highest BCUT2D eigenvalue weighted by Gasteiger charge is 2.23. The molecule has 0 radical (unpaired) electrons. The van der Waals surface area contributed by atoms with Crippen LogP contribution in [0.2, 0.25) is 0 Å². The van der Waals surface area contributed by atoms with Crippen LogP contribution >= 0.6 is 0 Å². The summed E-state index contributed by atoms with van der Waals surface area (Å²) >= 11 is 0. The molecule has 1 aromatic heterocycles. The standard InChI is InChI=1S/C21H21FN4O/c22-18-8-6-17(7-9-18)19-14-20(24-23-19)21(27)26-12-10-25(11-13-26)15-16-4-2-1-3-5-16/h1-9,14H,10-13,15H2,(H,23,24). The van der Waals surface area contributed by atoms with Crippen molar-refractivity contribution in [1.29, 1.82) is 0 Å². The number of rotatable bonds is 4. The van der Waals surface area contributed by atoms with Crippen LogP contribution in [0.4, 0.5) is 4.39 Å². The maximum Gasteiger partial charge on any atom is 0.271 e. The largest absolute Gasteiger partial charge is 0.335 e. The molecule has 1 amide bonds. The Balaban J connectivity index is 1.36. The number of aromatic amines is 1. The van der Waals surface area contributed by atoms with Gasteiger partial charge in [0.15, 0.2) is 0 Å². The number of aromatic nitrogens is 2. The summed E-state index contributed by atoms with van der Waals surface area (Å²) in [5.74, 6) is -0.339. The third kappa shape index (κ3) is 4.06. The molecule has 0 unspecified atom stereocenters. The lowest BCUT2D eigenvalue weighted by atomic mass is 10.1. The SMILES string of the molecule is O=C(c1cc(-c2ccc(F)cc2)n[nH]1)N1CCN(Cc2ccccc2)CC1. The number of nitrogens with one attached hydrogen (secondary N) is 1. The summed E-state index contributed by atoms with van der Waals surface area (Å²) in [6.45, 7) is 3.98. The lowest BCUT2D eigenvalue weighted by Gasteiger charge is -2.34. The van der Waals surface area contributed by atoms with Crippen LogP contribution in [0.3, 0.4) is 0 Å². The monoisotopic (exact) mass is 364 g/mol. The van der Waals surface area contributed by atoms with Crippen LogP contribution in [0, 0.1) is 5.82 Å². The Morgan fingerprint density at radius 1 is 1.00 bits per heavy atom. The zero-order chi connectivity index (χ0) is 18.6. The first-order valence-electron chi connectivity index (χ1n) is 9.06. The highest BCUT2D eigenvalue weighted by atomic mass is 19.1. The zero-order valence-corrected chi connectivity index (χ0v) is 14.9. The van der Waals surface area contributed by atoms with Crippen molar-refractivity contribution >= 4 is 5.91 Å². The third-order valence-corrected chi connectivity index (χ3v) is 4.86. The minimum Gasteiger partial charge on any atom is -0.335 e. The second kappa shape index (κ2) is 7.72. The fourth-order valence-corrected chi connectivity index (χ4v) is 3.32. The number of carbonyl (C=O) groups is 1. The van der Waals surface area contributed by atoms with Crippen LogP contribution in [0.25, 0.3) is 11.3 Å². The lowest BCUT2D eigenvalue weighted by Crippen LogP contribution is -2.48. The Hall–Kier alpha value is -2.99. The molecule has 1 aliphatic rings. The van der Waals surface area contributed by atoms with E-state index in [0.717, 1.165) is 25.2 Å². The molecule has 0 saturated carbocycles. The van der Waals surface area contributed by atoms with Gasteiger partial charge in [-0.2, -0.15) is 5.10 Å². The van der Waals surface area contributed by atoms with Gasteiger partial charge >= 0.3 is 0 Å². The predicted octanol–water partition coefficient (Wildman–Crippen LogP) is 3.17. The molecule has 138 valence electrons. The van der Waals surface area contributed by atoms with Crippen molar-refractivity contribution in [3.05, 3.63) is 77.7 Å². The van der Waals surface area contributed by atoms with E-state index in [1.54, 1.807) is 18.2 Å². The van der Waals surface area contributed by atoms with Gasteiger partial charge in [-0.05, 0) is 35.9 Å². The van der Waals surface area contributed by atoms with Gasteiger partial charge in [-0.25, -0.2) is 4.39 Å². The summed E-state index contributed by atoms with van der Waals surface area (Å²) < 4.78 is 13.1. The van der Waals surface area contributed by atoms with E-state index in [2.05, 4.69) is 27.2 Å². The second-order valence-corrected chi connectivity index (χ2v) is 6.73. The molecule has 1 fully saturated rings. The molecular weight excluding hydrogens is 343 g/mol. The minimum absolute atomic E-state index is 0.0461. The van der Waals surface area contributed by atoms with Crippen molar-refractivity contribution in [1.82, 2.24) is 20.0 Å². The van der Waals surface area contributed by atoms with Crippen LogP contribution in [0.5, 0.6) is 0 Å². The average molecular weight is 364 g/mol. The highest BCUT2D eigenvalue weighted by molar-refractivity contribution is 5.93. The first kappa shape index (κ1) is 17.4. The number of piperazine rings is 1. The quantitative estimate of drug-likeness (QED) is 0.774. The Morgan fingerprint density at radius 3 is 2.41 bits per heavy atom. The fourth-order valence-electron chi connectivity index (χ4n) is 3.32. The smallest absolute Gasteiger partial charge is 0.271 e. The van der Waals surface area contributed by atoms with E-state index in [9.17, 15) is 9.18 Å². The Morgan fingerprint density at radius 2 is 1.70 bits per heavy atom. The number of nitrogens with zero attached hydrogens (tertiary/aromatic N) is 3. The Labute approximate surface area is 157 Å². The van der Waals surface area contributed by atoms with Gasteiger partial charge < -0.3 is 4.90 Å². The number of hydrogen-bond acceptors (Lipinski definition) is 3. The van der Waals surface area contributed by atoms with Crippen LogP contribution in [0.15, 0.2) is 60.7 Å². The molecule has 0 atom stereocenters. The van der Waals surface area contributed by atoms with Gasteiger partial charge in [0.05, 0.1) is 5.69 Å². The van der Waals surface area contributed by atoms with E-state index < -0.39 is 0 Å². The average Bonchev–Trinajstić information content (AvgIpc) is 3.20.